The van der Waals surface area contributed by atoms with Gasteiger partial charge < -0.3 is 10.2 Å². The van der Waals surface area contributed by atoms with Gasteiger partial charge in [0.1, 0.15) is 10.9 Å². The Morgan fingerprint density at radius 1 is 1.06 bits per heavy atom. The summed E-state index contributed by atoms with van der Waals surface area (Å²) in [6.07, 6.45) is 1.24. The molecule has 3 amide bonds. The molecule has 194 valence electrons. The molecule has 0 saturated heterocycles. The number of nitrogens with one attached hydrogen (secondary N) is 1. The van der Waals surface area contributed by atoms with Gasteiger partial charge in [0.25, 0.3) is 15.9 Å². The summed E-state index contributed by atoms with van der Waals surface area (Å²) in [5.74, 6) is -1.16. The van der Waals surface area contributed by atoms with Gasteiger partial charge in [-0.25, -0.2) is 12.7 Å². The van der Waals surface area contributed by atoms with Crippen LogP contribution >= 0.6 is 11.6 Å². The van der Waals surface area contributed by atoms with E-state index in [4.69, 9.17) is 11.6 Å². The monoisotopic (exact) mass is 533 g/mol. The van der Waals surface area contributed by atoms with Crippen molar-refractivity contribution in [1.82, 2.24) is 14.5 Å². The molecule has 0 bridgehead atoms. The molecule has 0 fully saturated rings. The van der Waals surface area contributed by atoms with Crippen LogP contribution < -0.4 is 5.32 Å². The topological polar surface area (TPSA) is 104 Å². The van der Waals surface area contributed by atoms with Crippen LogP contribution in [0, 0.1) is 0 Å². The first-order valence-corrected chi connectivity index (χ1v) is 13.9. The minimum absolute atomic E-state index is 0.0190. The van der Waals surface area contributed by atoms with Gasteiger partial charge >= 0.3 is 0 Å². The predicted octanol–water partition coefficient (Wildman–Crippen LogP) is 3.99. The number of carbonyl (C=O) groups is 3. The fraction of sp³-hybridized carbons (Fsp3) is 0.423. The normalized spacial score (nSPS) is 15.8. The summed E-state index contributed by atoms with van der Waals surface area (Å²) >= 11 is 6.34. The van der Waals surface area contributed by atoms with E-state index >= 15 is 0 Å². The van der Waals surface area contributed by atoms with Crippen molar-refractivity contribution < 1.29 is 22.8 Å². The first-order chi connectivity index (χ1) is 17.1. The maximum absolute atomic E-state index is 13.4. The third-order valence-electron chi connectivity index (χ3n) is 6.35. The van der Waals surface area contributed by atoms with Crippen LogP contribution in [0.4, 0.5) is 0 Å². The number of carbonyl (C=O) groups excluding carboxylic acids is 3. The highest BCUT2D eigenvalue weighted by atomic mass is 35.5. The van der Waals surface area contributed by atoms with Gasteiger partial charge in [-0.15, -0.1) is 0 Å². The number of nitrogens with zero attached hydrogens (tertiary/aromatic N) is 2. The Labute approximate surface area is 217 Å². The molecule has 1 aliphatic heterocycles. The van der Waals surface area contributed by atoms with Crippen LogP contribution in [0.1, 0.15) is 62.4 Å². The van der Waals surface area contributed by atoms with E-state index in [-0.39, 0.29) is 54.2 Å². The largest absolute Gasteiger partial charge is 0.352 e. The van der Waals surface area contributed by atoms with Crippen LogP contribution in [0.15, 0.2) is 53.4 Å². The fourth-order valence-electron chi connectivity index (χ4n) is 4.14. The summed E-state index contributed by atoms with van der Waals surface area (Å²) in [5.41, 5.74) is 0.840. The molecule has 3 rings (SSSR count). The Morgan fingerprint density at radius 2 is 1.72 bits per heavy atom. The molecule has 2 atom stereocenters. The summed E-state index contributed by atoms with van der Waals surface area (Å²) in [7, 11) is -3.94. The van der Waals surface area contributed by atoms with Crippen molar-refractivity contribution in [3.8, 4) is 0 Å². The Morgan fingerprint density at radius 3 is 2.36 bits per heavy atom. The Hall–Kier alpha value is -2.91. The van der Waals surface area contributed by atoms with Crippen LogP contribution in [0.3, 0.4) is 0 Å². The van der Waals surface area contributed by atoms with E-state index in [9.17, 15) is 22.8 Å². The van der Waals surface area contributed by atoms with Gasteiger partial charge in [0, 0.05) is 30.6 Å². The SMILES string of the molecule is CC[C@@H](C)NC(=O)[C@@H](CC)N(Cc1ccccc1Cl)C(=O)CCCN1C(=O)c2ccccc2S1(=O)=O. The van der Waals surface area contributed by atoms with E-state index in [1.54, 1.807) is 30.3 Å². The molecule has 36 heavy (non-hydrogen) atoms. The van der Waals surface area contributed by atoms with E-state index in [0.717, 1.165) is 10.7 Å². The molecule has 0 aromatic heterocycles. The van der Waals surface area contributed by atoms with E-state index in [0.29, 0.717) is 17.0 Å². The summed E-state index contributed by atoms with van der Waals surface area (Å²) < 4.78 is 26.4. The van der Waals surface area contributed by atoms with Gasteiger partial charge in [-0.2, -0.15) is 0 Å². The number of sulfonamides is 1. The van der Waals surface area contributed by atoms with Crippen molar-refractivity contribution in [1.29, 1.82) is 0 Å². The van der Waals surface area contributed by atoms with E-state index < -0.39 is 22.0 Å². The van der Waals surface area contributed by atoms with Crippen molar-refractivity contribution in [2.24, 2.45) is 0 Å². The summed E-state index contributed by atoms with van der Waals surface area (Å²) in [5, 5.41) is 3.43. The van der Waals surface area contributed by atoms with Crippen LogP contribution in [-0.2, 0) is 26.2 Å². The molecule has 2 aromatic rings. The second kappa shape index (κ2) is 11.9. The molecule has 1 N–H and O–H groups in total. The second-order valence-corrected chi connectivity index (χ2v) is 11.1. The number of hydrogen-bond acceptors (Lipinski definition) is 5. The molecular formula is C26H32ClN3O5S. The van der Waals surface area contributed by atoms with Crippen LogP contribution in [-0.4, -0.2) is 54.0 Å². The van der Waals surface area contributed by atoms with Crippen molar-refractivity contribution >= 4 is 39.3 Å². The number of benzene rings is 2. The Bertz CT molecular complexity index is 1230. The van der Waals surface area contributed by atoms with Gasteiger partial charge in [-0.05, 0) is 49.9 Å². The maximum atomic E-state index is 13.4. The quantitative estimate of drug-likeness (QED) is 0.470. The molecule has 1 heterocycles. The molecule has 0 aliphatic carbocycles. The summed E-state index contributed by atoms with van der Waals surface area (Å²) in [6, 6.07) is 12.4. The van der Waals surface area contributed by atoms with Crippen molar-refractivity contribution in [3.63, 3.8) is 0 Å². The Balaban J connectivity index is 1.76. The first-order valence-electron chi connectivity index (χ1n) is 12.1. The molecule has 0 unspecified atom stereocenters. The van der Waals surface area contributed by atoms with E-state index in [1.165, 1.54) is 17.0 Å². The summed E-state index contributed by atoms with van der Waals surface area (Å²) in [4.78, 5) is 40.6. The number of halogens is 1. The van der Waals surface area contributed by atoms with E-state index in [1.807, 2.05) is 26.8 Å². The lowest BCUT2D eigenvalue weighted by Gasteiger charge is -2.32. The molecule has 0 saturated carbocycles. The number of hydrogen-bond donors (Lipinski definition) is 1. The van der Waals surface area contributed by atoms with Crippen LogP contribution in [0.25, 0.3) is 0 Å². The highest BCUT2D eigenvalue weighted by Crippen LogP contribution is 2.30. The van der Waals surface area contributed by atoms with Crippen molar-refractivity contribution in [2.45, 2.75) is 70.0 Å². The summed E-state index contributed by atoms with van der Waals surface area (Å²) in [6.45, 7) is 5.70. The van der Waals surface area contributed by atoms with Gasteiger partial charge in [-0.1, -0.05) is 55.8 Å². The van der Waals surface area contributed by atoms with E-state index in [2.05, 4.69) is 5.32 Å². The molecule has 0 spiro atoms. The molecular weight excluding hydrogens is 502 g/mol. The molecule has 10 heteroatoms. The Kier molecular flexibility index (Phi) is 9.13. The van der Waals surface area contributed by atoms with Crippen molar-refractivity contribution in [2.75, 3.05) is 6.54 Å². The lowest BCUT2D eigenvalue weighted by molar-refractivity contribution is -0.141. The van der Waals surface area contributed by atoms with Crippen LogP contribution in [0.2, 0.25) is 5.02 Å². The zero-order valence-electron chi connectivity index (χ0n) is 20.7. The second-order valence-electron chi connectivity index (χ2n) is 8.84. The van der Waals surface area contributed by atoms with Crippen molar-refractivity contribution in [3.05, 3.63) is 64.7 Å². The zero-order chi connectivity index (χ0) is 26.5. The van der Waals surface area contributed by atoms with Crippen LogP contribution in [0.5, 0.6) is 0 Å². The molecule has 1 aliphatic rings. The lowest BCUT2D eigenvalue weighted by atomic mass is 10.1. The molecule has 8 nitrogen and oxygen atoms in total. The minimum Gasteiger partial charge on any atom is -0.352 e. The fourth-order valence-corrected chi connectivity index (χ4v) is 5.94. The minimum atomic E-state index is -3.94. The van der Waals surface area contributed by atoms with Gasteiger partial charge in [0.05, 0.1) is 5.56 Å². The smallest absolute Gasteiger partial charge is 0.269 e. The van der Waals surface area contributed by atoms with Gasteiger partial charge in [0.15, 0.2) is 0 Å². The molecule has 0 radical (unpaired) electrons. The third-order valence-corrected chi connectivity index (χ3v) is 8.56. The lowest BCUT2D eigenvalue weighted by Crippen LogP contribution is -2.50. The van der Waals surface area contributed by atoms with Gasteiger partial charge in [-0.3, -0.25) is 14.4 Å². The zero-order valence-corrected chi connectivity index (χ0v) is 22.3. The average Bonchev–Trinajstić information content (AvgIpc) is 3.05. The number of fused-ring (bicyclic) bond motifs is 1. The first kappa shape index (κ1) is 27.7. The highest BCUT2D eigenvalue weighted by Gasteiger charge is 2.40. The maximum Gasteiger partial charge on any atom is 0.269 e. The predicted molar refractivity (Wildman–Crippen MR) is 138 cm³/mol. The third kappa shape index (κ3) is 5.90. The molecule has 2 aromatic carbocycles. The number of rotatable bonds is 11. The van der Waals surface area contributed by atoms with Gasteiger partial charge in [0.2, 0.25) is 11.8 Å². The highest BCUT2D eigenvalue weighted by molar-refractivity contribution is 7.90. The standard InChI is InChI=1S/C26H32ClN3O5S/c1-4-18(3)28-25(32)22(5-2)29(17-19-11-6-8-13-21(19)27)24(31)15-10-16-30-26(33)20-12-7-9-14-23(20)36(30,34)35/h6-9,11-14,18,22H,4-5,10,15-17H2,1-3H3,(H,28,32)/t18-,22-/m1/s1. The average molecular weight is 534 g/mol. The number of amides is 3.